The van der Waals surface area contributed by atoms with Crippen molar-refractivity contribution in [2.75, 3.05) is 18.5 Å². The molecule has 1 aromatic carbocycles. The van der Waals surface area contributed by atoms with E-state index in [1.165, 1.54) is 11.3 Å². The van der Waals surface area contributed by atoms with Crippen LogP contribution in [0.4, 0.5) is 5.13 Å². The van der Waals surface area contributed by atoms with Gasteiger partial charge >= 0.3 is 0 Å². The van der Waals surface area contributed by atoms with Gasteiger partial charge < -0.3 is 9.47 Å². The third-order valence-corrected chi connectivity index (χ3v) is 4.57. The Morgan fingerprint density at radius 2 is 2.04 bits per heavy atom. The molecule has 8 heteroatoms. The van der Waals surface area contributed by atoms with Gasteiger partial charge in [-0.25, -0.2) is 0 Å². The number of nitrogens with zero attached hydrogens (tertiary/aromatic N) is 2. The fraction of sp³-hybridized carbons (Fsp3) is 0.471. The molecule has 1 aromatic heterocycles. The summed E-state index contributed by atoms with van der Waals surface area (Å²) in [7, 11) is 0. The SMILES string of the molecule is CCCCOc1c(Cl)cc(C(=O)Nc2nnc(CC)s2)cc1OCC. The number of unbranched alkanes of at least 4 members (excludes halogenated alkanes) is 1. The molecule has 1 heterocycles. The van der Waals surface area contributed by atoms with E-state index in [1.807, 2.05) is 13.8 Å². The van der Waals surface area contributed by atoms with Crippen molar-refractivity contribution in [3.63, 3.8) is 0 Å². The zero-order chi connectivity index (χ0) is 18.2. The second-order valence-electron chi connectivity index (χ2n) is 5.23. The number of carbonyl (C=O) groups is 1. The summed E-state index contributed by atoms with van der Waals surface area (Å²) in [5.74, 6) is 0.613. The molecule has 0 fully saturated rings. The molecule has 25 heavy (non-hydrogen) atoms. The Bertz CT molecular complexity index is 721. The molecule has 0 saturated carbocycles. The second kappa shape index (κ2) is 9.58. The van der Waals surface area contributed by atoms with Crippen LogP contribution in [0.15, 0.2) is 12.1 Å². The van der Waals surface area contributed by atoms with Gasteiger partial charge in [-0.3, -0.25) is 10.1 Å². The molecule has 0 bridgehead atoms. The minimum atomic E-state index is -0.318. The first-order chi connectivity index (χ1) is 12.1. The van der Waals surface area contributed by atoms with Crippen LogP contribution in [0.3, 0.4) is 0 Å². The highest BCUT2D eigenvalue weighted by Crippen LogP contribution is 2.37. The summed E-state index contributed by atoms with van der Waals surface area (Å²) in [5.41, 5.74) is 0.379. The molecule has 1 N–H and O–H groups in total. The maximum Gasteiger partial charge on any atom is 0.257 e. The first-order valence-electron chi connectivity index (χ1n) is 8.31. The third kappa shape index (κ3) is 5.31. The summed E-state index contributed by atoms with van der Waals surface area (Å²) < 4.78 is 11.3. The van der Waals surface area contributed by atoms with E-state index >= 15 is 0 Å². The number of benzene rings is 1. The molecule has 0 unspecified atom stereocenters. The van der Waals surface area contributed by atoms with E-state index in [4.69, 9.17) is 21.1 Å². The highest BCUT2D eigenvalue weighted by atomic mass is 35.5. The van der Waals surface area contributed by atoms with E-state index < -0.39 is 0 Å². The van der Waals surface area contributed by atoms with Crippen LogP contribution in [0.1, 0.15) is 49.0 Å². The second-order valence-corrected chi connectivity index (χ2v) is 6.70. The summed E-state index contributed by atoms with van der Waals surface area (Å²) in [4.78, 5) is 12.5. The lowest BCUT2D eigenvalue weighted by Crippen LogP contribution is -2.12. The lowest BCUT2D eigenvalue weighted by atomic mass is 10.2. The Balaban J connectivity index is 2.20. The number of aryl methyl sites for hydroxylation is 1. The van der Waals surface area contributed by atoms with Gasteiger partial charge in [0.05, 0.1) is 18.2 Å². The van der Waals surface area contributed by atoms with Gasteiger partial charge in [-0.15, -0.1) is 10.2 Å². The first-order valence-corrected chi connectivity index (χ1v) is 9.51. The van der Waals surface area contributed by atoms with Crippen molar-refractivity contribution in [3.8, 4) is 11.5 Å². The topological polar surface area (TPSA) is 73.3 Å². The number of ether oxygens (including phenoxy) is 2. The number of hydrogen-bond acceptors (Lipinski definition) is 6. The Hall–Kier alpha value is -1.86. The molecular formula is C17H22ClN3O3S. The Kier molecular flexibility index (Phi) is 7.46. The molecule has 0 saturated heterocycles. The van der Waals surface area contributed by atoms with Gasteiger partial charge in [0.25, 0.3) is 5.91 Å². The smallest absolute Gasteiger partial charge is 0.257 e. The Morgan fingerprint density at radius 1 is 1.24 bits per heavy atom. The van der Waals surface area contributed by atoms with E-state index in [2.05, 4.69) is 22.4 Å². The van der Waals surface area contributed by atoms with Gasteiger partial charge in [-0.2, -0.15) is 0 Å². The lowest BCUT2D eigenvalue weighted by Gasteiger charge is -2.14. The fourth-order valence-electron chi connectivity index (χ4n) is 2.04. The van der Waals surface area contributed by atoms with Gasteiger partial charge in [0.1, 0.15) is 5.01 Å². The van der Waals surface area contributed by atoms with Crippen molar-refractivity contribution in [2.24, 2.45) is 0 Å². The largest absolute Gasteiger partial charge is 0.490 e. The van der Waals surface area contributed by atoms with Gasteiger partial charge in [-0.05, 0) is 31.9 Å². The number of anilines is 1. The number of amides is 1. The predicted octanol–water partition coefficient (Wildman–Crippen LogP) is 4.58. The highest BCUT2D eigenvalue weighted by Gasteiger charge is 2.17. The van der Waals surface area contributed by atoms with Crippen LogP contribution in [0.5, 0.6) is 11.5 Å². The summed E-state index contributed by atoms with van der Waals surface area (Å²) >= 11 is 7.66. The van der Waals surface area contributed by atoms with E-state index in [9.17, 15) is 4.79 Å². The molecule has 136 valence electrons. The predicted molar refractivity (Wildman–Crippen MR) is 100 cm³/mol. The summed E-state index contributed by atoms with van der Waals surface area (Å²) in [6, 6.07) is 3.20. The summed E-state index contributed by atoms with van der Waals surface area (Å²) in [6.45, 7) is 6.93. The van der Waals surface area contributed by atoms with Crippen molar-refractivity contribution in [1.82, 2.24) is 10.2 Å². The van der Waals surface area contributed by atoms with Crippen LogP contribution in [0.25, 0.3) is 0 Å². The van der Waals surface area contributed by atoms with Crippen LogP contribution < -0.4 is 14.8 Å². The maximum atomic E-state index is 12.5. The minimum absolute atomic E-state index is 0.318. The molecule has 0 spiro atoms. The zero-order valence-corrected chi connectivity index (χ0v) is 16.2. The van der Waals surface area contributed by atoms with E-state index in [0.717, 1.165) is 24.3 Å². The normalized spacial score (nSPS) is 10.6. The molecule has 2 aromatic rings. The number of rotatable bonds is 9. The van der Waals surface area contributed by atoms with Crippen molar-refractivity contribution in [1.29, 1.82) is 0 Å². The maximum absolute atomic E-state index is 12.5. The molecule has 0 aliphatic carbocycles. The molecular weight excluding hydrogens is 362 g/mol. The third-order valence-electron chi connectivity index (χ3n) is 3.31. The summed E-state index contributed by atoms with van der Waals surface area (Å²) in [5, 5.41) is 12.3. The number of hydrogen-bond donors (Lipinski definition) is 1. The number of carbonyl (C=O) groups excluding carboxylic acids is 1. The van der Waals surface area contributed by atoms with Crippen molar-refractivity contribution < 1.29 is 14.3 Å². The van der Waals surface area contributed by atoms with Gasteiger partial charge in [-0.1, -0.05) is 43.2 Å². The van der Waals surface area contributed by atoms with Crippen LogP contribution in [-0.4, -0.2) is 29.3 Å². The molecule has 0 atom stereocenters. The molecule has 0 aliphatic rings. The summed E-state index contributed by atoms with van der Waals surface area (Å²) in [6.07, 6.45) is 2.71. The van der Waals surface area contributed by atoms with Crippen molar-refractivity contribution >= 4 is 34.0 Å². The van der Waals surface area contributed by atoms with Gasteiger partial charge in [0.15, 0.2) is 11.5 Å². The van der Waals surface area contributed by atoms with Crippen molar-refractivity contribution in [2.45, 2.75) is 40.0 Å². The molecule has 0 radical (unpaired) electrons. The average molecular weight is 384 g/mol. The van der Waals surface area contributed by atoms with Crippen LogP contribution >= 0.6 is 22.9 Å². The molecule has 6 nitrogen and oxygen atoms in total. The zero-order valence-electron chi connectivity index (χ0n) is 14.6. The van der Waals surface area contributed by atoms with Gasteiger partial charge in [0, 0.05) is 5.56 Å². The van der Waals surface area contributed by atoms with Crippen LogP contribution in [0.2, 0.25) is 5.02 Å². The number of nitrogens with one attached hydrogen (secondary N) is 1. The Morgan fingerprint density at radius 3 is 2.68 bits per heavy atom. The fourth-order valence-corrected chi connectivity index (χ4v) is 2.98. The lowest BCUT2D eigenvalue weighted by molar-refractivity contribution is 0.102. The quantitative estimate of drug-likeness (QED) is 0.641. The Labute approximate surface area is 156 Å². The van der Waals surface area contributed by atoms with E-state index in [-0.39, 0.29) is 5.91 Å². The number of halogens is 1. The molecule has 2 rings (SSSR count). The van der Waals surface area contributed by atoms with Crippen molar-refractivity contribution in [3.05, 3.63) is 27.7 Å². The van der Waals surface area contributed by atoms with Crippen LogP contribution in [0, 0.1) is 0 Å². The first kappa shape index (κ1) is 19.5. The number of aromatic nitrogens is 2. The molecule has 0 aliphatic heterocycles. The van der Waals surface area contributed by atoms with E-state index in [0.29, 0.717) is 40.4 Å². The van der Waals surface area contributed by atoms with Crippen LogP contribution in [-0.2, 0) is 6.42 Å². The standard InChI is InChI=1S/C17H22ClN3O3S/c1-4-7-8-24-15-12(18)9-11(10-13(15)23-6-3)16(22)19-17-21-20-14(5-2)25-17/h9-10H,4-8H2,1-3H3,(H,19,21,22). The highest BCUT2D eigenvalue weighted by molar-refractivity contribution is 7.15. The molecule has 1 amide bonds. The van der Waals surface area contributed by atoms with E-state index in [1.54, 1.807) is 12.1 Å². The average Bonchev–Trinajstić information content (AvgIpc) is 3.04. The minimum Gasteiger partial charge on any atom is -0.490 e. The monoisotopic (exact) mass is 383 g/mol. The van der Waals surface area contributed by atoms with Gasteiger partial charge in [0.2, 0.25) is 5.13 Å².